The minimum atomic E-state index is -1.23. The van der Waals surface area contributed by atoms with Crippen molar-refractivity contribution in [3.8, 4) is 0 Å². The molecule has 1 aliphatic rings. The SMILES string of the molecule is Cc1ccc(C2(O)CCNCC2)c(F)c1F. The molecule has 4 heteroatoms. The summed E-state index contributed by atoms with van der Waals surface area (Å²) in [6, 6.07) is 2.99. The van der Waals surface area contributed by atoms with Gasteiger partial charge < -0.3 is 10.4 Å². The van der Waals surface area contributed by atoms with Crippen LogP contribution in [-0.4, -0.2) is 18.2 Å². The van der Waals surface area contributed by atoms with Crippen molar-refractivity contribution in [2.75, 3.05) is 13.1 Å². The van der Waals surface area contributed by atoms with Gasteiger partial charge in [0.1, 0.15) is 0 Å². The highest BCUT2D eigenvalue weighted by Gasteiger charge is 2.34. The van der Waals surface area contributed by atoms with E-state index in [1.54, 1.807) is 0 Å². The smallest absolute Gasteiger partial charge is 0.165 e. The van der Waals surface area contributed by atoms with Crippen LogP contribution in [0.2, 0.25) is 0 Å². The molecule has 0 aliphatic carbocycles. The first-order valence-electron chi connectivity index (χ1n) is 5.43. The van der Waals surface area contributed by atoms with Crippen molar-refractivity contribution in [2.24, 2.45) is 0 Å². The Morgan fingerprint density at radius 1 is 1.19 bits per heavy atom. The van der Waals surface area contributed by atoms with E-state index in [0.29, 0.717) is 25.9 Å². The molecule has 0 atom stereocenters. The van der Waals surface area contributed by atoms with Gasteiger partial charge in [-0.3, -0.25) is 0 Å². The summed E-state index contributed by atoms with van der Waals surface area (Å²) in [5.74, 6) is -1.77. The Kier molecular flexibility index (Phi) is 2.95. The zero-order chi connectivity index (χ0) is 11.8. The number of hydrogen-bond acceptors (Lipinski definition) is 2. The van der Waals surface area contributed by atoms with Gasteiger partial charge in [0.15, 0.2) is 11.6 Å². The van der Waals surface area contributed by atoms with E-state index in [4.69, 9.17) is 0 Å². The van der Waals surface area contributed by atoms with E-state index in [9.17, 15) is 13.9 Å². The highest BCUT2D eigenvalue weighted by atomic mass is 19.2. The average Bonchev–Trinajstić information content (AvgIpc) is 2.27. The molecule has 0 unspecified atom stereocenters. The van der Waals surface area contributed by atoms with Crippen molar-refractivity contribution in [3.63, 3.8) is 0 Å². The van der Waals surface area contributed by atoms with Crippen molar-refractivity contribution < 1.29 is 13.9 Å². The van der Waals surface area contributed by atoms with Crippen molar-refractivity contribution in [2.45, 2.75) is 25.4 Å². The summed E-state index contributed by atoms with van der Waals surface area (Å²) < 4.78 is 27.2. The third-order valence-electron chi connectivity index (χ3n) is 3.21. The van der Waals surface area contributed by atoms with Crippen molar-refractivity contribution in [3.05, 3.63) is 34.9 Å². The molecule has 88 valence electrons. The molecule has 2 nitrogen and oxygen atoms in total. The van der Waals surface area contributed by atoms with Gasteiger partial charge in [-0.25, -0.2) is 8.78 Å². The van der Waals surface area contributed by atoms with Crippen LogP contribution >= 0.6 is 0 Å². The predicted octanol–water partition coefficient (Wildman–Crippen LogP) is 1.84. The zero-order valence-electron chi connectivity index (χ0n) is 9.19. The minimum Gasteiger partial charge on any atom is -0.385 e. The van der Waals surface area contributed by atoms with Crippen LogP contribution in [0.1, 0.15) is 24.0 Å². The fourth-order valence-corrected chi connectivity index (χ4v) is 2.12. The molecular formula is C12H15F2NO. The molecule has 0 saturated carbocycles. The molecule has 1 aromatic carbocycles. The Bertz CT molecular complexity index is 400. The van der Waals surface area contributed by atoms with Gasteiger partial charge in [0.25, 0.3) is 0 Å². The van der Waals surface area contributed by atoms with Crippen molar-refractivity contribution in [1.82, 2.24) is 5.32 Å². The van der Waals surface area contributed by atoms with Gasteiger partial charge in [0.2, 0.25) is 0 Å². The molecule has 1 aliphatic heterocycles. The zero-order valence-corrected chi connectivity index (χ0v) is 9.19. The molecule has 1 aromatic rings. The number of nitrogens with one attached hydrogen (secondary N) is 1. The minimum absolute atomic E-state index is 0.0806. The van der Waals surface area contributed by atoms with Gasteiger partial charge in [-0.1, -0.05) is 12.1 Å². The van der Waals surface area contributed by atoms with Gasteiger partial charge in [0, 0.05) is 5.56 Å². The summed E-state index contributed by atoms with van der Waals surface area (Å²) in [5.41, 5.74) is -0.889. The maximum Gasteiger partial charge on any atom is 0.165 e. The molecule has 2 rings (SSSR count). The number of halogens is 2. The molecule has 1 heterocycles. The lowest BCUT2D eigenvalue weighted by Crippen LogP contribution is -2.40. The Labute approximate surface area is 93.3 Å². The molecule has 0 spiro atoms. The van der Waals surface area contributed by atoms with E-state index < -0.39 is 17.2 Å². The van der Waals surface area contributed by atoms with Crippen LogP contribution < -0.4 is 5.32 Å². The second-order valence-electron chi connectivity index (χ2n) is 4.34. The average molecular weight is 227 g/mol. The number of aryl methyl sites for hydroxylation is 1. The maximum absolute atomic E-state index is 13.7. The van der Waals surface area contributed by atoms with E-state index in [-0.39, 0.29) is 11.1 Å². The first kappa shape index (κ1) is 11.5. The largest absolute Gasteiger partial charge is 0.385 e. The Hall–Kier alpha value is -1.00. The Morgan fingerprint density at radius 2 is 1.81 bits per heavy atom. The molecule has 0 aromatic heterocycles. The molecular weight excluding hydrogens is 212 g/mol. The molecule has 1 fully saturated rings. The fourth-order valence-electron chi connectivity index (χ4n) is 2.12. The van der Waals surface area contributed by atoms with Crippen LogP contribution in [0.4, 0.5) is 8.78 Å². The summed E-state index contributed by atoms with van der Waals surface area (Å²) in [6.45, 7) is 2.74. The molecule has 0 amide bonds. The standard InChI is InChI=1S/C12H15F2NO/c1-8-2-3-9(11(14)10(8)13)12(16)4-6-15-7-5-12/h2-3,15-16H,4-7H2,1H3. The first-order valence-corrected chi connectivity index (χ1v) is 5.43. The maximum atomic E-state index is 13.7. The van der Waals surface area contributed by atoms with Gasteiger partial charge >= 0.3 is 0 Å². The second kappa shape index (κ2) is 4.11. The van der Waals surface area contributed by atoms with E-state index in [0.717, 1.165) is 0 Å². The lowest BCUT2D eigenvalue weighted by atomic mass is 9.84. The summed E-state index contributed by atoms with van der Waals surface area (Å²) in [6.07, 6.45) is 0.818. The van der Waals surface area contributed by atoms with Gasteiger partial charge in [-0.05, 0) is 38.4 Å². The molecule has 1 saturated heterocycles. The van der Waals surface area contributed by atoms with Crippen LogP contribution in [0.5, 0.6) is 0 Å². The third-order valence-corrected chi connectivity index (χ3v) is 3.21. The van der Waals surface area contributed by atoms with Gasteiger partial charge in [-0.15, -0.1) is 0 Å². The lowest BCUT2D eigenvalue weighted by Gasteiger charge is -2.33. The van der Waals surface area contributed by atoms with E-state index in [1.807, 2.05) is 0 Å². The number of aliphatic hydroxyl groups is 1. The van der Waals surface area contributed by atoms with Crippen LogP contribution in [0.3, 0.4) is 0 Å². The van der Waals surface area contributed by atoms with Gasteiger partial charge in [-0.2, -0.15) is 0 Å². The number of hydrogen-bond donors (Lipinski definition) is 2. The number of benzene rings is 1. The molecule has 0 bridgehead atoms. The summed E-state index contributed by atoms with van der Waals surface area (Å²) >= 11 is 0. The van der Waals surface area contributed by atoms with Gasteiger partial charge in [0.05, 0.1) is 5.60 Å². The normalized spacial score (nSPS) is 19.8. The predicted molar refractivity (Wildman–Crippen MR) is 57.1 cm³/mol. The summed E-state index contributed by atoms with van der Waals surface area (Å²) in [7, 11) is 0. The highest BCUT2D eigenvalue weighted by molar-refractivity contribution is 5.30. The van der Waals surface area contributed by atoms with E-state index in [2.05, 4.69) is 5.32 Å². The number of piperidine rings is 1. The van der Waals surface area contributed by atoms with Crippen LogP contribution in [0.15, 0.2) is 12.1 Å². The quantitative estimate of drug-likeness (QED) is 0.767. The van der Waals surface area contributed by atoms with Crippen LogP contribution in [0.25, 0.3) is 0 Å². The molecule has 16 heavy (non-hydrogen) atoms. The molecule has 2 N–H and O–H groups in total. The monoisotopic (exact) mass is 227 g/mol. The van der Waals surface area contributed by atoms with Crippen molar-refractivity contribution >= 4 is 0 Å². The third kappa shape index (κ3) is 1.83. The summed E-state index contributed by atoms with van der Waals surface area (Å²) in [4.78, 5) is 0. The van der Waals surface area contributed by atoms with E-state index >= 15 is 0 Å². The Morgan fingerprint density at radius 3 is 2.44 bits per heavy atom. The lowest BCUT2D eigenvalue weighted by molar-refractivity contribution is 0.00216. The summed E-state index contributed by atoms with van der Waals surface area (Å²) in [5, 5.41) is 13.4. The van der Waals surface area contributed by atoms with Crippen LogP contribution in [-0.2, 0) is 5.60 Å². The van der Waals surface area contributed by atoms with Crippen LogP contribution in [0, 0.1) is 18.6 Å². The Balaban J connectivity index is 2.43. The number of rotatable bonds is 1. The fraction of sp³-hybridized carbons (Fsp3) is 0.500. The van der Waals surface area contributed by atoms with Crippen molar-refractivity contribution in [1.29, 1.82) is 0 Å². The topological polar surface area (TPSA) is 32.3 Å². The van der Waals surface area contributed by atoms with E-state index in [1.165, 1.54) is 19.1 Å². The highest BCUT2D eigenvalue weighted by Crippen LogP contribution is 2.33. The molecule has 0 radical (unpaired) electrons. The first-order chi connectivity index (χ1) is 7.54. The second-order valence-corrected chi connectivity index (χ2v) is 4.34.